The number of nitrogens with one attached hydrogen (secondary N) is 1. The molecule has 1 aliphatic rings. The Bertz CT molecular complexity index is 674. The second kappa shape index (κ2) is 7.24. The minimum atomic E-state index is -0.217. The minimum absolute atomic E-state index is 0.217. The van der Waals surface area contributed by atoms with Crippen LogP contribution in [0, 0.1) is 0 Å². The van der Waals surface area contributed by atoms with Crippen molar-refractivity contribution in [2.45, 2.75) is 19.3 Å². The molecule has 120 valence electrons. The molecule has 5 heteroatoms. The predicted octanol–water partition coefficient (Wildman–Crippen LogP) is 5.24. The van der Waals surface area contributed by atoms with Gasteiger partial charge in [0, 0.05) is 24.3 Å². The van der Waals surface area contributed by atoms with E-state index in [1.54, 1.807) is 18.2 Å². The molecule has 1 fully saturated rings. The predicted molar refractivity (Wildman–Crippen MR) is 96.9 cm³/mol. The summed E-state index contributed by atoms with van der Waals surface area (Å²) in [6, 6.07) is 12.8. The summed E-state index contributed by atoms with van der Waals surface area (Å²) in [5.41, 5.74) is 2.19. The van der Waals surface area contributed by atoms with Crippen molar-refractivity contribution in [3.8, 4) is 0 Å². The van der Waals surface area contributed by atoms with Crippen molar-refractivity contribution in [3.63, 3.8) is 0 Å². The van der Waals surface area contributed by atoms with Gasteiger partial charge in [-0.2, -0.15) is 0 Å². The van der Waals surface area contributed by atoms with Crippen LogP contribution in [0.15, 0.2) is 42.5 Å². The van der Waals surface area contributed by atoms with Crippen LogP contribution in [0.25, 0.3) is 0 Å². The van der Waals surface area contributed by atoms with Gasteiger partial charge in [-0.3, -0.25) is 4.79 Å². The largest absolute Gasteiger partial charge is 0.372 e. The van der Waals surface area contributed by atoms with Gasteiger partial charge in [0.2, 0.25) is 0 Å². The number of halogens is 2. The summed E-state index contributed by atoms with van der Waals surface area (Å²) in [7, 11) is 0. The van der Waals surface area contributed by atoms with Crippen LogP contribution in [0.1, 0.15) is 29.6 Å². The van der Waals surface area contributed by atoms with E-state index < -0.39 is 0 Å². The van der Waals surface area contributed by atoms with Crippen LogP contribution in [-0.4, -0.2) is 19.0 Å². The average Bonchev–Trinajstić information content (AvgIpc) is 2.59. The first-order valence-electron chi connectivity index (χ1n) is 7.75. The molecule has 1 saturated heterocycles. The molecule has 0 aromatic heterocycles. The molecule has 0 saturated carbocycles. The van der Waals surface area contributed by atoms with E-state index in [-0.39, 0.29) is 5.91 Å². The van der Waals surface area contributed by atoms with Crippen molar-refractivity contribution in [3.05, 3.63) is 58.1 Å². The quantitative estimate of drug-likeness (QED) is 0.822. The van der Waals surface area contributed by atoms with Gasteiger partial charge in [0.1, 0.15) is 0 Å². The third-order valence-electron chi connectivity index (χ3n) is 4.05. The molecule has 0 radical (unpaired) electrons. The van der Waals surface area contributed by atoms with Crippen molar-refractivity contribution in [1.29, 1.82) is 0 Å². The topological polar surface area (TPSA) is 32.3 Å². The number of rotatable bonds is 3. The molecule has 3 nitrogen and oxygen atoms in total. The summed E-state index contributed by atoms with van der Waals surface area (Å²) < 4.78 is 0. The zero-order valence-electron chi connectivity index (χ0n) is 12.7. The first-order chi connectivity index (χ1) is 11.1. The van der Waals surface area contributed by atoms with Crippen molar-refractivity contribution >= 4 is 40.5 Å². The highest BCUT2D eigenvalue weighted by Gasteiger charge is 2.14. The van der Waals surface area contributed by atoms with Crippen molar-refractivity contribution in [2.75, 3.05) is 23.3 Å². The normalized spacial score (nSPS) is 14.6. The summed E-state index contributed by atoms with van der Waals surface area (Å²) in [6.07, 6.45) is 3.76. The molecule has 0 bridgehead atoms. The van der Waals surface area contributed by atoms with E-state index in [1.807, 2.05) is 24.3 Å². The van der Waals surface area contributed by atoms with Gasteiger partial charge in [-0.15, -0.1) is 0 Å². The van der Waals surface area contributed by atoms with E-state index >= 15 is 0 Å². The number of carbonyl (C=O) groups is 1. The van der Waals surface area contributed by atoms with Crippen LogP contribution < -0.4 is 10.2 Å². The third kappa shape index (κ3) is 3.80. The van der Waals surface area contributed by atoms with Gasteiger partial charge in [-0.1, -0.05) is 29.3 Å². The minimum Gasteiger partial charge on any atom is -0.372 e. The van der Waals surface area contributed by atoms with Gasteiger partial charge in [0.05, 0.1) is 15.7 Å². The summed E-state index contributed by atoms with van der Waals surface area (Å²) >= 11 is 12.2. The fourth-order valence-corrected chi connectivity index (χ4v) is 3.27. The van der Waals surface area contributed by atoms with E-state index in [0.29, 0.717) is 21.3 Å². The Morgan fingerprint density at radius 1 is 0.913 bits per heavy atom. The molecule has 0 spiro atoms. The second-order valence-corrected chi connectivity index (χ2v) is 6.46. The number of anilines is 2. The van der Waals surface area contributed by atoms with E-state index in [9.17, 15) is 4.79 Å². The van der Waals surface area contributed by atoms with Gasteiger partial charge in [-0.05, 0) is 55.7 Å². The van der Waals surface area contributed by atoms with Gasteiger partial charge in [0.25, 0.3) is 5.91 Å². The number of carbonyl (C=O) groups excluding carboxylic acids is 1. The van der Waals surface area contributed by atoms with Crippen molar-refractivity contribution in [2.24, 2.45) is 0 Å². The molecule has 3 rings (SSSR count). The maximum Gasteiger partial charge on any atom is 0.255 e. The van der Waals surface area contributed by atoms with Crippen LogP contribution >= 0.6 is 23.2 Å². The van der Waals surface area contributed by atoms with E-state index in [0.717, 1.165) is 18.8 Å². The molecule has 1 N–H and O–H groups in total. The number of nitrogens with zero attached hydrogens (tertiary/aromatic N) is 1. The molecule has 1 heterocycles. The van der Waals surface area contributed by atoms with E-state index in [2.05, 4.69) is 10.2 Å². The van der Waals surface area contributed by atoms with Gasteiger partial charge >= 0.3 is 0 Å². The molecule has 0 aliphatic carbocycles. The maximum atomic E-state index is 12.4. The molecular weight excluding hydrogens is 331 g/mol. The summed E-state index contributed by atoms with van der Waals surface area (Å²) in [6.45, 7) is 2.17. The zero-order valence-corrected chi connectivity index (χ0v) is 14.2. The first kappa shape index (κ1) is 16.2. The molecule has 2 aromatic rings. The SMILES string of the molecule is O=C(Nc1c(Cl)cccc1Cl)c1ccc(N2CCCCC2)cc1. The van der Waals surface area contributed by atoms with Crippen LogP contribution in [0.3, 0.4) is 0 Å². The number of para-hydroxylation sites is 1. The van der Waals surface area contributed by atoms with Crippen molar-refractivity contribution in [1.82, 2.24) is 0 Å². The Balaban J connectivity index is 1.72. The fraction of sp³-hybridized carbons (Fsp3) is 0.278. The lowest BCUT2D eigenvalue weighted by Gasteiger charge is -2.28. The molecule has 2 aromatic carbocycles. The molecular formula is C18H18Cl2N2O. The average molecular weight is 349 g/mol. The standard InChI is InChI=1S/C18H18Cl2N2O/c19-15-5-4-6-16(20)17(15)21-18(23)13-7-9-14(10-8-13)22-11-2-1-3-12-22/h4-10H,1-3,11-12H2,(H,21,23). The highest BCUT2D eigenvalue weighted by Crippen LogP contribution is 2.30. The number of amides is 1. The number of hydrogen-bond donors (Lipinski definition) is 1. The maximum absolute atomic E-state index is 12.4. The van der Waals surface area contributed by atoms with Crippen LogP contribution in [0.4, 0.5) is 11.4 Å². The van der Waals surface area contributed by atoms with Crippen LogP contribution in [-0.2, 0) is 0 Å². The molecule has 1 aliphatic heterocycles. The summed E-state index contributed by atoms with van der Waals surface area (Å²) in [5, 5.41) is 3.63. The Kier molecular flexibility index (Phi) is 5.09. The Morgan fingerprint density at radius 2 is 1.52 bits per heavy atom. The molecule has 1 amide bonds. The summed E-state index contributed by atoms with van der Waals surface area (Å²) in [5.74, 6) is -0.217. The van der Waals surface area contributed by atoms with E-state index in [1.165, 1.54) is 19.3 Å². The lowest BCUT2D eigenvalue weighted by Crippen LogP contribution is -2.29. The smallest absolute Gasteiger partial charge is 0.255 e. The lowest BCUT2D eigenvalue weighted by atomic mass is 10.1. The Hall–Kier alpha value is -1.71. The van der Waals surface area contributed by atoms with Crippen molar-refractivity contribution < 1.29 is 4.79 Å². The summed E-state index contributed by atoms with van der Waals surface area (Å²) in [4.78, 5) is 14.7. The molecule has 0 atom stereocenters. The Morgan fingerprint density at radius 3 is 2.13 bits per heavy atom. The van der Waals surface area contributed by atoms with Gasteiger partial charge in [0.15, 0.2) is 0 Å². The van der Waals surface area contributed by atoms with Gasteiger partial charge < -0.3 is 10.2 Å². The van der Waals surface area contributed by atoms with Gasteiger partial charge in [-0.25, -0.2) is 0 Å². The monoisotopic (exact) mass is 348 g/mol. The molecule has 23 heavy (non-hydrogen) atoms. The Labute approximate surface area is 146 Å². The lowest BCUT2D eigenvalue weighted by molar-refractivity contribution is 0.102. The zero-order chi connectivity index (χ0) is 16.2. The second-order valence-electron chi connectivity index (χ2n) is 5.65. The number of piperidine rings is 1. The number of hydrogen-bond acceptors (Lipinski definition) is 2. The first-order valence-corrected chi connectivity index (χ1v) is 8.51. The fourth-order valence-electron chi connectivity index (χ4n) is 2.78. The van der Waals surface area contributed by atoms with E-state index in [4.69, 9.17) is 23.2 Å². The van der Waals surface area contributed by atoms with Crippen LogP contribution in [0.2, 0.25) is 10.0 Å². The van der Waals surface area contributed by atoms with Crippen LogP contribution in [0.5, 0.6) is 0 Å². The molecule has 0 unspecified atom stereocenters. The third-order valence-corrected chi connectivity index (χ3v) is 4.68. The highest BCUT2D eigenvalue weighted by molar-refractivity contribution is 6.40. The number of benzene rings is 2. The highest BCUT2D eigenvalue weighted by atomic mass is 35.5.